The van der Waals surface area contributed by atoms with Crippen molar-refractivity contribution in [3.63, 3.8) is 0 Å². The smallest absolute Gasteiger partial charge is 0.261 e. The second kappa shape index (κ2) is 10.9. The van der Waals surface area contributed by atoms with Gasteiger partial charge < -0.3 is 9.53 Å². The van der Waals surface area contributed by atoms with Crippen LogP contribution in [-0.4, -0.2) is 51.3 Å². The second-order valence-electron chi connectivity index (χ2n) is 8.59. The monoisotopic (exact) mass is 429 g/mol. The molecule has 1 amide bonds. The number of aliphatic hydroxyl groups is 1. The normalized spacial score (nSPS) is 13.1. The van der Waals surface area contributed by atoms with Gasteiger partial charge in [-0.1, -0.05) is 81.4 Å². The van der Waals surface area contributed by atoms with Crippen molar-refractivity contribution < 1.29 is 19.2 Å². The van der Waals surface area contributed by atoms with Crippen LogP contribution in [0.25, 0.3) is 0 Å². The Kier molecular flexibility index (Phi) is 8.79. The number of amides is 1. The molecule has 1 atom stereocenters. The molecule has 1 N–H and O–H groups in total. The Balaban J connectivity index is 2.19. The average molecular weight is 430 g/mol. The molecule has 6 heteroatoms. The third kappa shape index (κ3) is 5.79. The molecule has 164 valence electrons. The van der Waals surface area contributed by atoms with Crippen LogP contribution in [0, 0.1) is 0 Å². The standard InChI is InChI=1S/C24H35NO4Si/c1-24(2,3)30(21-14-8-6-9-15-21,22-16-10-7-11-17-22)29-19-20(26)13-12-18-23(27)25(4)28-5/h6-11,14-17,20,26H,12-13,18-19H2,1-5H3/t20-/m0/s1. The summed E-state index contributed by atoms with van der Waals surface area (Å²) in [6.07, 6.45) is 0.784. The van der Waals surface area contributed by atoms with E-state index in [0.717, 1.165) is 0 Å². The minimum atomic E-state index is -2.65. The zero-order valence-corrected chi connectivity index (χ0v) is 19.8. The van der Waals surface area contributed by atoms with E-state index in [2.05, 4.69) is 45.0 Å². The first-order valence-electron chi connectivity index (χ1n) is 10.5. The van der Waals surface area contributed by atoms with E-state index in [1.165, 1.54) is 22.5 Å². The molecule has 0 saturated heterocycles. The van der Waals surface area contributed by atoms with Crippen LogP contribution >= 0.6 is 0 Å². The lowest BCUT2D eigenvalue weighted by Crippen LogP contribution is -2.67. The van der Waals surface area contributed by atoms with Crippen molar-refractivity contribution in [3.8, 4) is 0 Å². The van der Waals surface area contributed by atoms with Gasteiger partial charge in [0.15, 0.2) is 0 Å². The van der Waals surface area contributed by atoms with Crippen molar-refractivity contribution in [2.24, 2.45) is 0 Å². The molecule has 2 aromatic rings. The van der Waals surface area contributed by atoms with Crippen molar-refractivity contribution in [3.05, 3.63) is 60.7 Å². The van der Waals surface area contributed by atoms with Crippen LogP contribution in [0.1, 0.15) is 40.0 Å². The summed E-state index contributed by atoms with van der Waals surface area (Å²) in [6.45, 7) is 6.88. The fraction of sp³-hybridized carbons (Fsp3) is 0.458. The van der Waals surface area contributed by atoms with Gasteiger partial charge in [0.05, 0.1) is 19.8 Å². The number of aliphatic hydroxyl groups excluding tert-OH is 1. The Morgan fingerprint density at radius 2 is 1.53 bits per heavy atom. The Hall–Kier alpha value is -1.99. The molecule has 0 aliphatic heterocycles. The van der Waals surface area contributed by atoms with Gasteiger partial charge in [-0.3, -0.25) is 9.63 Å². The quantitative estimate of drug-likeness (QED) is 0.466. The predicted octanol–water partition coefficient (Wildman–Crippen LogP) is 3.11. The number of hydrogen-bond donors (Lipinski definition) is 1. The SMILES string of the molecule is CON(C)C(=O)CCC[C@H](O)CO[Si](c1ccccc1)(c1ccccc1)C(C)(C)C. The highest BCUT2D eigenvalue weighted by atomic mass is 28.4. The second-order valence-corrected chi connectivity index (χ2v) is 12.9. The van der Waals surface area contributed by atoms with Gasteiger partial charge in [-0.25, -0.2) is 5.06 Å². The fourth-order valence-corrected chi connectivity index (χ4v) is 8.41. The van der Waals surface area contributed by atoms with Crippen LogP contribution in [0.3, 0.4) is 0 Å². The van der Waals surface area contributed by atoms with Gasteiger partial charge in [0.2, 0.25) is 5.91 Å². The Bertz CT molecular complexity index is 737. The minimum absolute atomic E-state index is 0.0994. The first-order valence-corrected chi connectivity index (χ1v) is 12.4. The summed E-state index contributed by atoms with van der Waals surface area (Å²) in [5.74, 6) is -0.0994. The maximum Gasteiger partial charge on any atom is 0.261 e. The van der Waals surface area contributed by atoms with Gasteiger partial charge in [-0.15, -0.1) is 0 Å². The van der Waals surface area contributed by atoms with Gasteiger partial charge >= 0.3 is 0 Å². The summed E-state index contributed by atoms with van der Waals surface area (Å²) in [7, 11) is 0.399. The predicted molar refractivity (Wildman–Crippen MR) is 123 cm³/mol. The molecule has 5 nitrogen and oxygen atoms in total. The number of rotatable bonds is 10. The number of carbonyl (C=O) groups is 1. The maximum absolute atomic E-state index is 11.9. The lowest BCUT2D eigenvalue weighted by Gasteiger charge is -2.43. The summed E-state index contributed by atoms with van der Waals surface area (Å²) >= 11 is 0. The highest BCUT2D eigenvalue weighted by Crippen LogP contribution is 2.36. The largest absolute Gasteiger partial charge is 0.405 e. The summed E-state index contributed by atoms with van der Waals surface area (Å²) in [5.41, 5.74) is 0. The zero-order valence-electron chi connectivity index (χ0n) is 18.8. The third-order valence-electron chi connectivity index (χ3n) is 5.46. The van der Waals surface area contributed by atoms with Gasteiger partial charge in [0, 0.05) is 13.5 Å². The lowest BCUT2D eigenvalue weighted by atomic mass is 10.1. The van der Waals surface area contributed by atoms with Gasteiger partial charge in [0.1, 0.15) is 0 Å². The molecule has 0 spiro atoms. The highest BCUT2D eigenvalue weighted by Gasteiger charge is 2.50. The molecule has 0 fully saturated rings. The van der Waals surface area contributed by atoms with Crippen molar-refractivity contribution in [2.45, 2.75) is 51.2 Å². The van der Waals surface area contributed by atoms with Crippen LogP contribution in [0.2, 0.25) is 5.04 Å². The summed E-state index contributed by atoms with van der Waals surface area (Å²) in [6, 6.07) is 20.7. The number of carbonyl (C=O) groups excluding carboxylic acids is 1. The Morgan fingerprint density at radius 1 is 1.03 bits per heavy atom. The molecule has 0 saturated carbocycles. The lowest BCUT2D eigenvalue weighted by molar-refractivity contribution is -0.168. The summed E-state index contributed by atoms with van der Waals surface area (Å²) in [5, 5.41) is 14.1. The average Bonchev–Trinajstić information content (AvgIpc) is 2.74. The van der Waals surface area contributed by atoms with Crippen LogP contribution < -0.4 is 10.4 Å². The molecule has 2 aromatic carbocycles. The maximum atomic E-state index is 11.9. The molecule has 0 bridgehead atoms. The zero-order chi connectivity index (χ0) is 22.2. The molecule has 0 aliphatic rings. The molecule has 0 radical (unpaired) electrons. The Labute approximate surface area is 181 Å². The molecule has 0 heterocycles. The number of hydrogen-bond acceptors (Lipinski definition) is 4. The molecular weight excluding hydrogens is 394 g/mol. The van der Waals surface area contributed by atoms with Crippen molar-refractivity contribution in [1.82, 2.24) is 5.06 Å². The van der Waals surface area contributed by atoms with E-state index in [1.807, 2.05) is 36.4 Å². The Morgan fingerprint density at radius 3 is 1.97 bits per heavy atom. The van der Waals surface area contributed by atoms with Crippen molar-refractivity contribution >= 4 is 24.6 Å². The van der Waals surface area contributed by atoms with E-state index >= 15 is 0 Å². The minimum Gasteiger partial charge on any atom is -0.405 e. The molecule has 0 unspecified atom stereocenters. The first kappa shape index (κ1) is 24.3. The highest BCUT2D eigenvalue weighted by molar-refractivity contribution is 6.99. The fourth-order valence-electron chi connectivity index (χ4n) is 3.81. The molecule has 0 aromatic heterocycles. The van der Waals surface area contributed by atoms with Crippen molar-refractivity contribution in [2.75, 3.05) is 20.8 Å². The molecule has 2 rings (SSSR count). The van der Waals surface area contributed by atoms with E-state index < -0.39 is 14.4 Å². The van der Waals surface area contributed by atoms with Crippen LogP contribution in [0.15, 0.2) is 60.7 Å². The van der Waals surface area contributed by atoms with E-state index in [1.54, 1.807) is 7.05 Å². The van der Waals surface area contributed by atoms with E-state index in [0.29, 0.717) is 19.3 Å². The number of hydroxylamine groups is 2. The van der Waals surface area contributed by atoms with E-state index in [9.17, 15) is 9.90 Å². The number of benzene rings is 2. The van der Waals surface area contributed by atoms with Crippen molar-refractivity contribution in [1.29, 1.82) is 0 Å². The van der Waals surface area contributed by atoms with E-state index in [-0.39, 0.29) is 17.6 Å². The van der Waals surface area contributed by atoms with Crippen LogP contribution in [-0.2, 0) is 14.1 Å². The first-order chi connectivity index (χ1) is 14.2. The van der Waals surface area contributed by atoms with E-state index in [4.69, 9.17) is 9.26 Å². The molecule has 30 heavy (non-hydrogen) atoms. The van der Waals surface area contributed by atoms with Gasteiger partial charge in [-0.05, 0) is 28.3 Å². The molecule has 0 aliphatic carbocycles. The van der Waals surface area contributed by atoms with Crippen LogP contribution in [0.4, 0.5) is 0 Å². The van der Waals surface area contributed by atoms with Gasteiger partial charge in [0.25, 0.3) is 8.32 Å². The molecular formula is C24H35NO4Si. The third-order valence-corrected chi connectivity index (χ3v) is 10.5. The summed E-state index contributed by atoms with van der Waals surface area (Å²) < 4.78 is 6.72. The van der Waals surface area contributed by atoms with Crippen LogP contribution in [0.5, 0.6) is 0 Å². The number of nitrogens with zero attached hydrogens (tertiary/aromatic N) is 1. The van der Waals surface area contributed by atoms with Gasteiger partial charge in [-0.2, -0.15) is 0 Å². The topological polar surface area (TPSA) is 59.0 Å². The summed E-state index contributed by atoms with van der Waals surface area (Å²) in [4.78, 5) is 16.8.